The van der Waals surface area contributed by atoms with Crippen molar-refractivity contribution in [3.8, 4) is 0 Å². The summed E-state index contributed by atoms with van der Waals surface area (Å²) < 4.78 is 0. The molecule has 0 spiro atoms. The summed E-state index contributed by atoms with van der Waals surface area (Å²) in [7, 11) is 0. The Morgan fingerprint density at radius 1 is 1.73 bits per heavy atom. The van der Waals surface area contributed by atoms with Crippen LogP contribution in [0, 0.1) is 5.92 Å². The first-order chi connectivity index (χ1) is 5.11. The first-order valence-corrected chi connectivity index (χ1v) is 3.75. The third kappa shape index (κ3) is 1.91. The van der Waals surface area contributed by atoms with Crippen molar-refractivity contribution in [3.63, 3.8) is 0 Å². The van der Waals surface area contributed by atoms with E-state index in [1.165, 1.54) is 0 Å². The predicted octanol–water partition coefficient (Wildman–Crippen LogP) is -0.177. The third-order valence-electron chi connectivity index (χ3n) is 1.66. The van der Waals surface area contributed by atoms with E-state index >= 15 is 0 Å². The maximum Gasteiger partial charge on any atom is 0.355 e. The summed E-state index contributed by atoms with van der Waals surface area (Å²) in [5, 5.41) is 9.17. The van der Waals surface area contributed by atoms with E-state index in [9.17, 15) is 4.79 Å². The molecular weight excluding hydrogens is 146 g/mol. The van der Waals surface area contributed by atoms with Gasteiger partial charge in [-0.25, -0.2) is 4.79 Å². The van der Waals surface area contributed by atoms with Crippen molar-refractivity contribution in [2.45, 2.75) is 32.4 Å². The molecule has 4 heteroatoms. The van der Waals surface area contributed by atoms with Gasteiger partial charge in [0.1, 0.15) is 0 Å². The van der Waals surface area contributed by atoms with Gasteiger partial charge in [0.25, 0.3) is 0 Å². The number of aliphatic hydroxyl groups excluding tert-OH is 1. The van der Waals surface area contributed by atoms with Crippen LogP contribution in [0.5, 0.6) is 0 Å². The molecule has 1 aliphatic heterocycles. The average molecular weight is 159 g/mol. The number of hydrogen-bond acceptors (Lipinski definition) is 4. The number of aliphatic hydroxyl groups is 1. The molecule has 0 bridgehead atoms. The molecule has 2 atom stereocenters. The van der Waals surface area contributed by atoms with Crippen molar-refractivity contribution in [2.24, 2.45) is 5.92 Å². The van der Waals surface area contributed by atoms with E-state index in [0.29, 0.717) is 5.92 Å². The zero-order chi connectivity index (χ0) is 8.43. The Morgan fingerprint density at radius 3 is 2.73 bits per heavy atom. The predicted molar refractivity (Wildman–Crippen MR) is 38.5 cm³/mol. The van der Waals surface area contributed by atoms with Gasteiger partial charge in [0, 0.05) is 0 Å². The minimum absolute atomic E-state index is 0.234. The van der Waals surface area contributed by atoms with E-state index in [2.05, 4.69) is 10.3 Å². The molecule has 4 nitrogen and oxygen atoms in total. The Kier molecular flexibility index (Phi) is 2.46. The second-order valence-corrected chi connectivity index (χ2v) is 3.22. The van der Waals surface area contributed by atoms with Gasteiger partial charge < -0.3 is 9.94 Å². The Bertz CT molecular complexity index is 158. The topological polar surface area (TPSA) is 58.6 Å². The van der Waals surface area contributed by atoms with Gasteiger partial charge >= 0.3 is 5.97 Å². The van der Waals surface area contributed by atoms with Gasteiger partial charge in [-0.15, -0.1) is 5.48 Å². The summed E-state index contributed by atoms with van der Waals surface area (Å²) in [6, 6.07) is -0.234. The Hall–Kier alpha value is -0.610. The van der Waals surface area contributed by atoms with E-state index in [0.717, 1.165) is 6.42 Å². The molecule has 0 aromatic carbocycles. The zero-order valence-corrected chi connectivity index (χ0v) is 6.70. The third-order valence-corrected chi connectivity index (χ3v) is 1.66. The summed E-state index contributed by atoms with van der Waals surface area (Å²) in [6.07, 6.45) is -0.246. The van der Waals surface area contributed by atoms with Crippen LogP contribution in [0.3, 0.4) is 0 Å². The van der Waals surface area contributed by atoms with Crippen LogP contribution in [0.2, 0.25) is 0 Å². The average Bonchev–Trinajstić information content (AvgIpc) is 2.18. The molecule has 0 aromatic heterocycles. The fourth-order valence-electron chi connectivity index (χ4n) is 1.11. The van der Waals surface area contributed by atoms with E-state index in [-0.39, 0.29) is 6.04 Å². The van der Waals surface area contributed by atoms with E-state index in [4.69, 9.17) is 5.11 Å². The second kappa shape index (κ2) is 3.19. The summed E-state index contributed by atoms with van der Waals surface area (Å²) in [6.45, 7) is 4.05. The first kappa shape index (κ1) is 8.49. The van der Waals surface area contributed by atoms with Crippen molar-refractivity contribution >= 4 is 5.97 Å². The van der Waals surface area contributed by atoms with Crippen LogP contribution in [-0.2, 0) is 9.63 Å². The SMILES string of the molecule is CC(C)CC1NOC(=O)C1O. The van der Waals surface area contributed by atoms with Crippen molar-refractivity contribution in [1.82, 2.24) is 5.48 Å². The summed E-state index contributed by atoms with van der Waals surface area (Å²) in [5.74, 6) is -0.132. The molecule has 2 unspecified atom stereocenters. The summed E-state index contributed by atoms with van der Waals surface area (Å²) in [4.78, 5) is 15.1. The summed E-state index contributed by atoms with van der Waals surface area (Å²) >= 11 is 0. The maximum atomic E-state index is 10.6. The number of carbonyl (C=O) groups excluding carboxylic acids is 1. The highest BCUT2D eigenvalue weighted by molar-refractivity contribution is 5.76. The normalized spacial score (nSPS) is 31.1. The van der Waals surface area contributed by atoms with Crippen molar-refractivity contribution in [1.29, 1.82) is 0 Å². The van der Waals surface area contributed by atoms with Crippen LogP contribution in [0.25, 0.3) is 0 Å². The minimum atomic E-state index is -0.989. The van der Waals surface area contributed by atoms with Crippen LogP contribution in [0.1, 0.15) is 20.3 Å². The van der Waals surface area contributed by atoms with Crippen LogP contribution in [0.15, 0.2) is 0 Å². The monoisotopic (exact) mass is 159 g/mol. The molecule has 1 rings (SSSR count). The number of nitrogens with one attached hydrogen (secondary N) is 1. The van der Waals surface area contributed by atoms with Crippen LogP contribution in [0.4, 0.5) is 0 Å². The molecule has 1 fully saturated rings. The standard InChI is InChI=1S/C7H13NO3/c1-4(2)3-5-6(9)7(10)11-8-5/h4-6,8-9H,3H2,1-2H3. The highest BCUT2D eigenvalue weighted by Crippen LogP contribution is 2.13. The molecule has 1 heterocycles. The van der Waals surface area contributed by atoms with Crippen LogP contribution >= 0.6 is 0 Å². The van der Waals surface area contributed by atoms with Crippen molar-refractivity contribution < 1.29 is 14.7 Å². The quantitative estimate of drug-likeness (QED) is 0.587. The second-order valence-electron chi connectivity index (χ2n) is 3.22. The number of hydrogen-bond donors (Lipinski definition) is 2. The molecule has 2 N–H and O–H groups in total. The smallest absolute Gasteiger partial charge is 0.355 e. The van der Waals surface area contributed by atoms with Crippen LogP contribution in [-0.4, -0.2) is 23.2 Å². The lowest BCUT2D eigenvalue weighted by Crippen LogP contribution is -2.32. The van der Waals surface area contributed by atoms with E-state index < -0.39 is 12.1 Å². The lowest BCUT2D eigenvalue weighted by Gasteiger charge is -2.11. The lowest BCUT2D eigenvalue weighted by atomic mass is 10.0. The van der Waals surface area contributed by atoms with Crippen molar-refractivity contribution in [3.05, 3.63) is 0 Å². The fourth-order valence-corrected chi connectivity index (χ4v) is 1.11. The van der Waals surface area contributed by atoms with E-state index in [1.807, 2.05) is 13.8 Å². The fraction of sp³-hybridized carbons (Fsp3) is 0.857. The Balaban J connectivity index is 2.42. The van der Waals surface area contributed by atoms with E-state index in [1.54, 1.807) is 0 Å². The van der Waals surface area contributed by atoms with Gasteiger partial charge in [0.05, 0.1) is 6.04 Å². The molecule has 0 aliphatic carbocycles. The molecular formula is C7H13NO3. The molecule has 0 saturated carbocycles. The Morgan fingerprint density at radius 2 is 2.36 bits per heavy atom. The van der Waals surface area contributed by atoms with Crippen molar-refractivity contribution in [2.75, 3.05) is 0 Å². The van der Waals surface area contributed by atoms with Gasteiger partial charge in [-0.05, 0) is 12.3 Å². The van der Waals surface area contributed by atoms with Gasteiger partial charge in [0.2, 0.25) is 0 Å². The van der Waals surface area contributed by atoms with Gasteiger partial charge in [-0.1, -0.05) is 13.8 Å². The van der Waals surface area contributed by atoms with Gasteiger partial charge in [0.15, 0.2) is 6.10 Å². The minimum Gasteiger partial charge on any atom is -0.380 e. The molecule has 0 aromatic rings. The zero-order valence-electron chi connectivity index (χ0n) is 6.70. The molecule has 0 amide bonds. The number of hydroxylamine groups is 1. The molecule has 11 heavy (non-hydrogen) atoms. The van der Waals surface area contributed by atoms with Crippen LogP contribution < -0.4 is 5.48 Å². The highest BCUT2D eigenvalue weighted by atomic mass is 16.7. The summed E-state index contributed by atoms with van der Waals surface area (Å²) in [5.41, 5.74) is 2.49. The number of rotatable bonds is 2. The largest absolute Gasteiger partial charge is 0.380 e. The highest BCUT2D eigenvalue weighted by Gasteiger charge is 2.35. The lowest BCUT2D eigenvalue weighted by molar-refractivity contribution is -0.148. The van der Waals surface area contributed by atoms with Gasteiger partial charge in [-0.2, -0.15) is 0 Å². The molecule has 1 aliphatic rings. The number of carbonyl (C=O) groups is 1. The van der Waals surface area contributed by atoms with Gasteiger partial charge in [-0.3, -0.25) is 0 Å². The molecule has 64 valence electrons. The first-order valence-electron chi connectivity index (χ1n) is 3.75. The molecule has 1 saturated heterocycles. The maximum absolute atomic E-state index is 10.6. The molecule has 0 radical (unpaired) electrons. The Labute approximate surface area is 65.5 Å².